The number of furan rings is 1. The maximum atomic E-state index is 9.07. The Hall–Kier alpha value is -2.80. The van der Waals surface area contributed by atoms with Gasteiger partial charge >= 0.3 is 0 Å². The molecule has 20 heavy (non-hydrogen) atoms. The summed E-state index contributed by atoms with van der Waals surface area (Å²) in [5.74, 6) is 1.29. The summed E-state index contributed by atoms with van der Waals surface area (Å²) in [4.78, 5) is 4.47. The van der Waals surface area contributed by atoms with Gasteiger partial charge in [0.1, 0.15) is 23.2 Å². The van der Waals surface area contributed by atoms with Gasteiger partial charge in [0.2, 0.25) is 0 Å². The number of nitrogens with one attached hydrogen (secondary N) is 1. The Kier molecular flexibility index (Phi) is 3.10. The lowest BCUT2D eigenvalue weighted by Crippen LogP contribution is -2.02. The molecule has 1 N–H and O–H groups in total. The van der Waals surface area contributed by atoms with Gasteiger partial charge in [-0.3, -0.25) is 0 Å². The van der Waals surface area contributed by atoms with Gasteiger partial charge in [0.15, 0.2) is 5.76 Å². The maximum absolute atomic E-state index is 9.07. The lowest BCUT2D eigenvalue weighted by atomic mass is 10.2. The van der Waals surface area contributed by atoms with Crippen molar-refractivity contribution in [1.82, 2.24) is 4.98 Å². The first-order chi connectivity index (χ1) is 9.81. The smallest absolute Gasteiger partial charge is 0.153 e. The fraction of sp³-hybridized carbons (Fsp3) is 0.125. The molecule has 0 saturated heterocycles. The summed E-state index contributed by atoms with van der Waals surface area (Å²) >= 11 is 0. The molecule has 4 nitrogen and oxygen atoms in total. The first kappa shape index (κ1) is 12.2. The van der Waals surface area contributed by atoms with Crippen LogP contribution in [0.4, 0.5) is 5.82 Å². The van der Waals surface area contributed by atoms with Crippen molar-refractivity contribution in [2.75, 3.05) is 11.9 Å². The monoisotopic (exact) mass is 263 g/mol. The lowest BCUT2D eigenvalue weighted by Gasteiger charge is -2.05. The molecule has 0 unspecified atom stereocenters. The predicted octanol–water partition coefficient (Wildman–Crippen LogP) is 3.80. The van der Waals surface area contributed by atoms with Crippen LogP contribution in [0.1, 0.15) is 12.5 Å². The zero-order valence-corrected chi connectivity index (χ0v) is 11.1. The highest BCUT2D eigenvalue weighted by molar-refractivity contribution is 5.82. The number of nitriles is 1. The van der Waals surface area contributed by atoms with Crippen LogP contribution in [0.5, 0.6) is 0 Å². The number of pyridine rings is 1. The van der Waals surface area contributed by atoms with Crippen molar-refractivity contribution >= 4 is 16.8 Å². The molecule has 0 aliphatic rings. The Morgan fingerprint density at radius 1 is 1.25 bits per heavy atom. The van der Waals surface area contributed by atoms with Crippen molar-refractivity contribution in [3.8, 4) is 17.5 Å². The van der Waals surface area contributed by atoms with Crippen LogP contribution in [0.25, 0.3) is 22.4 Å². The molecular formula is C16H13N3O. The van der Waals surface area contributed by atoms with Gasteiger partial charge in [-0.2, -0.15) is 5.26 Å². The predicted molar refractivity (Wildman–Crippen MR) is 78.3 cm³/mol. The fourth-order valence-corrected chi connectivity index (χ4v) is 2.10. The van der Waals surface area contributed by atoms with E-state index in [9.17, 15) is 0 Å². The highest BCUT2D eigenvalue weighted by Gasteiger charge is 2.10. The van der Waals surface area contributed by atoms with Crippen LogP contribution in [-0.4, -0.2) is 11.5 Å². The van der Waals surface area contributed by atoms with Crippen molar-refractivity contribution in [3.63, 3.8) is 0 Å². The molecule has 0 atom stereocenters. The Morgan fingerprint density at radius 3 is 2.85 bits per heavy atom. The topological polar surface area (TPSA) is 61.9 Å². The molecule has 1 aromatic carbocycles. The Balaban J connectivity index is 2.09. The summed E-state index contributed by atoms with van der Waals surface area (Å²) in [6.45, 7) is 2.68. The van der Waals surface area contributed by atoms with Crippen LogP contribution in [0, 0.1) is 11.3 Å². The molecule has 3 rings (SSSR count). The molecule has 2 heterocycles. The zero-order valence-electron chi connectivity index (χ0n) is 11.1. The third-order valence-electron chi connectivity index (χ3n) is 3.04. The minimum Gasteiger partial charge on any atom is -0.454 e. The molecule has 0 spiro atoms. The quantitative estimate of drug-likeness (QED) is 0.780. The summed E-state index contributed by atoms with van der Waals surface area (Å²) < 4.78 is 5.79. The minimum atomic E-state index is 0.534. The first-order valence-electron chi connectivity index (χ1n) is 6.46. The number of hydrogen-bond acceptors (Lipinski definition) is 4. The first-order valence-corrected chi connectivity index (χ1v) is 6.46. The normalized spacial score (nSPS) is 10.4. The average molecular weight is 263 g/mol. The van der Waals surface area contributed by atoms with Gasteiger partial charge in [0, 0.05) is 11.9 Å². The summed E-state index contributed by atoms with van der Waals surface area (Å²) in [6.07, 6.45) is 0. The molecule has 0 bridgehead atoms. The van der Waals surface area contributed by atoms with Crippen LogP contribution in [0.3, 0.4) is 0 Å². The third kappa shape index (κ3) is 2.10. The Labute approximate surface area is 116 Å². The van der Waals surface area contributed by atoms with Gasteiger partial charge in [-0.05, 0) is 31.2 Å². The molecule has 0 radical (unpaired) electrons. The van der Waals surface area contributed by atoms with Gasteiger partial charge in [-0.25, -0.2) is 4.98 Å². The second-order valence-electron chi connectivity index (χ2n) is 4.38. The van der Waals surface area contributed by atoms with Crippen molar-refractivity contribution in [1.29, 1.82) is 5.26 Å². The number of para-hydroxylation sites is 1. The summed E-state index contributed by atoms with van der Waals surface area (Å²) in [7, 11) is 0. The van der Waals surface area contributed by atoms with Crippen LogP contribution in [0.15, 0.2) is 46.9 Å². The molecule has 2 aromatic heterocycles. The van der Waals surface area contributed by atoms with Gasteiger partial charge in [0.25, 0.3) is 0 Å². The van der Waals surface area contributed by atoms with Gasteiger partial charge in [-0.15, -0.1) is 0 Å². The van der Waals surface area contributed by atoms with E-state index >= 15 is 0 Å². The maximum Gasteiger partial charge on any atom is 0.153 e. The number of rotatable bonds is 3. The van der Waals surface area contributed by atoms with Crippen molar-refractivity contribution < 1.29 is 4.42 Å². The highest BCUT2D eigenvalue weighted by atomic mass is 16.3. The van der Waals surface area contributed by atoms with E-state index in [2.05, 4.69) is 16.4 Å². The third-order valence-corrected chi connectivity index (χ3v) is 3.04. The molecular weight excluding hydrogens is 250 g/mol. The number of hydrogen-bond donors (Lipinski definition) is 1. The van der Waals surface area contributed by atoms with Crippen LogP contribution in [0.2, 0.25) is 0 Å². The Bertz CT molecular complexity index is 766. The van der Waals surface area contributed by atoms with Gasteiger partial charge in [-0.1, -0.05) is 18.2 Å². The van der Waals surface area contributed by atoms with Crippen molar-refractivity contribution in [3.05, 3.63) is 48.0 Å². The minimum absolute atomic E-state index is 0.534. The van der Waals surface area contributed by atoms with Crippen LogP contribution < -0.4 is 5.32 Å². The lowest BCUT2D eigenvalue weighted by molar-refractivity contribution is 0.629. The molecule has 98 valence electrons. The molecule has 4 heteroatoms. The standard InChI is InChI=1S/C16H13N3O/c1-2-18-16-12(10-17)7-8-13(19-16)15-9-11-5-3-4-6-14(11)20-15/h3-9H,2H2,1H3,(H,18,19). The van der Waals surface area contributed by atoms with Gasteiger partial charge < -0.3 is 9.73 Å². The van der Waals surface area contributed by atoms with E-state index in [1.165, 1.54) is 0 Å². The zero-order chi connectivity index (χ0) is 13.9. The molecule has 0 aliphatic carbocycles. The highest BCUT2D eigenvalue weighted by Crippen LogP contribution is 2.28. The summed E-state index contributed by atoms with van der Waals surface area (Å²) in [5, 5.41) is 13.2. The fourth-order valence-electron chi connectivity index (χ4n) is 2.10. The number of anilines is 1. The van der Waals surface area contributed by atoms with E-state index in [1.54, 1.807) is 12.1 Å². The van der Waals surface area contributed by atoms with E-state index in [0.717, 1.165) is 16.7 Å². The molecule has 0 fully saturated rings. The number of fused-ring (bicyclic) bond motifs is 1. The van der Waals surface area contributed by atoms with E-state index in [-0.39, 0.29) is 0 Å². The van der Waals surface area contributed by atoms with E-state index in [4.69, 9.17) is 9.68 Å². The second-order valence-corrected chi connectivity index (χ2v) is 4.38. The average Bonchev–Trinajstić information content (AvgIpc) is 2.91. The number of aromatic nitrogens is 1. The van der Waals surface area contributed by atoms with Crippen LogP contribution in [-0.2, 0) is 0 Å². The van der Waals surface area contributed by atoms with Crippen molar-refractivity contribution in [2.45, 2.75) is 6.92 Å². The molecule has 0 saturated carbocycles. The number of benzene rings is 1. The molecule has 3 aromatic rings. The molecule has 0 aliphatic heterocycles. The summed E-state index contributed by atoms with van der Waals surface area (Å²) in [5.41, 5.74) is 2.08. The van der Waals surface area contributed by atoms with E-state index in [1.807, 2.05) is 37.3 Å². The van der Waals surface area contributed by atoms with E-state index < -0.39 is 0 Å². The van der Waals surface area contributed by atoms with Gasteiger partial charge in [0.05, 0.1) is 5.56 Å². The SMILES string of the molecule is CCNc1nc(-c2cc3ccccc3o2)ccc1C#N. The largest absolute Gasteiger partial charge is 0.454 e. The van der Waals surface area contributed by atoms with Crippen molar-refractivity contribution in [2.24, 2.45) is 0 Å². The number of nitrogens with zero attached hydrogens (tertiary/aromatic N) is 2. The van der Waals surface area contributed by atoms with Crippen LogP contribution >= 0.6 is 0 Å². The summed E-state index contributed by atoms with van der Waals surface area (Å²) in [6, 6.07) is 15.5. The molecule has 0 amide bonds. The van der Waals surface area contributed by atoms with E-state index in [0.29, 0.717) is 23.7 Å². The Morgan fingerprint density at radius 2 is 2.10 bits per heavy atom. The second kappa shape index (κ2) is 5.06.